The van der Waals surface area contributed by atoms with Gasteiger partial charge in [0.15, 0.2) is 0 Å². The van der Waals surface area contributed by atoms with Gasteiger partial charge in [-0.1, -0.05) is 38.0 Å². The highest BCUT2D eigenvalue weighted by Gasteiger charge is 2.44. The second-order valence-corrected chi connectivity index (χ2v) is 8.84. The number of carbonyl (C=O) groups excluding carboxylic acids is 3. The molecule has 2 atom stereocenters. The second-order valence-electron chi connectivity index (χ2n) is 8.84. The van der Waals surface area contributed by atoms with Crippen LogP contribution in [0, 0.1) is 0 Å². The summed E-state index contributed by atoms with van der Waals surface area (Å²) in [7, 11) is 1.62. The molecular weight excluding hydrogens is 418 g/mol. The molecule has 2 heterocycles. The molecule has 2 aliphatic rings. The Morgan fingerprint density at radius 1 is 1.12 bits per heavy atom. The van der Waals surface area contributed by atoms with Gasteiger partial charge in [-0.05, 0) is 48.2 Å². The van der Waals surface area contributed by atoms with Gasteiger partial charge in [0.2, 0.25) is 11.8 Å². The number of unbranched alkanes of at least 4 members (excludes halogenated alkanes) is 2. The molecule has 2 aromatic rings. The molecule has 2 aromatic carbocycles. The predicted molar refractivity (Wildman–Crippen MR) is 126 cm³/mol. The van der Waals surface area contributed by atoms with Crippen LogP contribution >= 0.6 is 0 Å². The minimum atomic E-state index is -0.706. The third kappa shape index (κ3) is 4.45. The van der Waals surface area contributed by atoms with Crippen molar-refractivity contribution in [3.8, 4) is 5.75 Å². The summed E-state index contributed by atoms with van der Waals surface area (Å²) >= 11 is 0. The van der Waals surface area contributed by atoms with Gasteiger partial charge in [0.1, 0.15) is 11.8 Å². The Bertz CT molecular complexity index is 1050. The van der Waals surface area contributed by atoms with E-state index in [1.54, 1.807) is 18.1 Å². The van der Waals surface area contributed by atoms with Crippen molar-refractivity contribution in [2.24, 2.45) is 5.73 Å². The number of amides is 3. The Morgan fingerprint density at radius 2 is 1.88 bits per heavy atom. The van der Waals surface area contributed by atoms with Crippen LogP contribution in [0.1, 0.15) is 66.4 Å². The first-order valence-electron chi connectivity index (χ1n) is 11.6. The number of anilines is 1. The van der Waals surface area contributed by atoms with Crippen LogP contribution < -0.4 is 15.4 Å². The van der Waals surface area contributed by atoms with Crippen molar-refractivity contribution in [3.63, 3.8) is 0 Å². The third-order valence-corrected chi connectivity index (χ3v) is 6.65. The summed E-state index contributed by atoms with van der Waals surface area (Å²) in [6.07, 6.45) is 3.52. The highest BCUT2D eigenvalue weighted by atomic mass is 16.5. The van der Waals surface area contributed by atoms with Crippen LogP contribution in [0.25, 0.3) is 0 Å². The Hall–Kier alpha value is -3.35. The standard InChI is InChI=1S/C26H31N3O4/c1-3-4-5-9-23(30)29-21-8-6-7-20-24(21)18(14-22(29)25(27)31)16-28(26(20)32)15-17-10-12-19(33-2)13-11-17/h6-8,10-13,18,22H,3-5,9,14-16H2,1-2H3,(H2,27,31)/t18-,22-/m0/s1. The van der Waals surface area contributed by atoms with Crippen LogP contribution in [-0.4, -0.2) is 42.3 Å². The number of ether oxygens (including phenoxy) is 1. The number of nitrogens with zero attached hydrogens (tertiary/aromatic N) is 2. The number of benzene rings is 2. The van der Waals surface area contributed by atoms with Gasteiger partial charge in [-0.3, -0.25) is 19.3 Å². The lowest BCUT2D eigenvalue weighted by Gasteiger charge is -2.44. The highest BCUT2D eigenvalue weighted by molar-refractivity contribution is 6.05. The number of carbonyl (C=O) groups is 3. The number of methoxy groups -OCH3 is 1. The monoisotopic (exact) mass is 449 g/mol. The van der Waals surface area contributed by atoms with E-state index in [-0.39, 0.29) is 17.7 Å². The van der Waals surface area contributed by atoms with Gasteiger partial charge in [0.25, 0.3) is 5.91 Å². The molecule has 0 aromatic heterocycles. The maximum absolute atomic E-state index is 13.4. The van der Waals surface area contributed by atoms with Crippen molar-refractivity contribution in [1.82, 2.24) is 4.90 Å². The maximum Gasteiger partial charge on any atom is 0.254 e. The lowest BCUT2D eigenvalue weighted by atomic mass is 9.79. The van der Waals surface area contributed by atoms with E-state index in [1.807, 2.05) is 41.3 Å². The lowest BCUT2D eigenvalue weighted by molar-refractivity contribution is -0.125. The molecule has 33 heavy (non-hydrogen) atoms. The Morgan fingerprint density at radius 3 is 2.55 bits per heavy atom. The molecule has 2 aliphatic heterocycles. The molecule has 3 amide bonds. The lowest BCUT2D eigenvalue weighted by Crippen LogP contribution is -2.54. The zero-order valence-corrected chi connectivity index (χ0v) is 19.3. The summed E-state index contributed by atoms with van der Waals surface area (Å²) in [5, 5.41) is 0. The number of hydrogen-bond donors (Lipinski definition) is 1. The molecule has 174 valence electrons. The van der Waals surface area contributed by atoms with E-state index in [9.17, 15) is 14.4 Å². The Balaban J connectivity index is 1.66. The summed E-state index contributed by atoms with van der Waals surface area (Å²) in [5.74, 6) is 0.0406. The van der Waals surface area contributed by atoms with Crippen LogP contribution in [0.15, 0.2) is 42.5 Å². The van der Waals surface area contributed by atoms with Crippen molar-refractivity contribution >= 4 is 23.4 Å². The van der Waals surface area contributed by atoms with E-state index < -0.39 is 11.9 Å². The van der Waals surface area contributed by atoms with Gasteiger partial charge in [0, 0.05) is 36.7 Å². The summed E-state index contributed by atoms with van der Waals surface area (Å²) in [5.41, 5.74) is 8.90. The van der Waals surface area contributed by atoms with E-state index >= 15 is 0 Å². The molecule has 0 spiro atoms. The molecule has 0 radical (unpaired) electrons. The van der Waals surface area contributed by atoms with Gasteiger partial charge >= 0.3 is 0 Å². The van der Waals surface area contributed by atoms with Crippen molar-refractivity contribution in [1.29, 1.82) is 0 Å². The minimum absolute atomic E-state index is 0.0515. The summed E-state index contributed by atoms with van der Waals surface area (Å²) < 4.78 is 5.22. The molecule has 0 saturated carbocycles. The first-order chi connectivity index (χ1) is 15.9. The first kappa shape index (κ1) is 22.8. The van der Waals surface area contributed by atoms with Crippen LogP contribution in [-0.2, 0) is 16.1 Å². The number of nitrogens with two attached hydrogens (primary N) is 1. The van der Waals surface area contributed by atoms with Crippen LogP contribution in [0.3, 0.4) is 0 Å². The average Bonchev–Trinajstić information content (AvgIpc) is 2.82. The highest BCUT2D eigenvalue weighted by Crippen LogP contribution is 2.44. The van der Waals surface area contributed by atoms with Gasteiger partial charge in [-0.15, -0.1) is 0 Å². The van der Waals surface area contributed by atoms with Gasteiger partial charge in [-0.2, -0.15) is 0 Å². The van der Waals surface area contributed by atoms with E-state index in [2.05, 4.69) is 6.92 Å². The molecular formula is C26H31N3O4. The molecule has 0 bridgehead atoms. The predicted octanol–water partition coefficient (Wildman–Crippen LogP) is 3.61. The molecule has 0 aliphatic carbocycles. The van der Waals surface area contributed by atoms with Gasteiger partial charge in [0.05, 0.1) is 7.11 Å². The van der Waals surface area contributed by atoms with Crippen molar-refractivity contribution in [2.45, 2.75) is 57.5 Å². The Kier molecular flexibility index (Phi) is 6.67. The molecule has 7 nitrogen and oxygen atoms in total. The maximum atomic E-state index is 13.4. The molecule has 2 N–H and O–H groups in total. The van der Waals surface area contributed by atoms with E-state index in [0.29, 0.717) is 37.2 Å². The SMILES string of the molecule is CCCCCC(=O)N1c2cccc3c2[C@@H](C[C@H]1C(N)=O)CN(Cc1ccc(OC)cc1)C3=O. The summed E-state index contributed by atoms with van der Waals surface area (Å²) in [6.45, 7) is 3.03. The largest absolute Gasteiger partial charge is 0.497 e. The third-order valence-electron chi connectivity index (χ3n) is 6.65. The second kappa shape index (κ2) is 9.65. The minimum Gasteiger partial charge on any atom is -0.497 e. The average molecular weight is 450 g/mol. The van der Waals surface area contributed by atoms with E-state index in [0.717, 1.165) is 36.1 Å². The molecule has 4 rings (SSSR count). The van der Waals surface area contributed by atoms with E-state index in [4.69, 9.17) is 10.5 Å². The summed E-state index contributed by atoms with van der Waals surface area (Å²) in [6, 6.07) is 12.4. The van der Waals surface area contributed by atoms with Crippen molar-refractivity contribution < 1.29 is 19.1 Å². The van der Waals surface area contributed by atoms with Gasteiger partial charge < -0.3 is 15.4 Å². The van der Waals surface area contributed by atoms with Gasteiger partial charge in [-0.25, -0.2) is 0 Å². The van der Waals surface area contributed by atoms with Crippen LogP contribution in [0.2, 0.25) is 0 Å². The fourth-order valence-electron chi connectivity index (χ4n) is 5.01. The number of hydrogen-bond acceptors (Lipinski definition) is 4. The van der Waals surface area contributed by atoms with Crippen LogP contribution in [0.4, 0.5) is 5.69 Å². The normalized spacial score (nSPS) is 19.3. The van der Waals surface area contributed by atoms with E-state index in [1.165, 1.54) is 0 Å². The smallest absolute Gasteiger partial charge is 0.254 e. The number of primary amides is 1. The topological polar surface area (TPSA) is 92.9 Å². The van der Waals surface area contributed by atoms with Crippen molar-refractivity contribution in [3.05, 3.63) is 59.2 Å². The van der Waals surface area contributed by atoms with Crippen molar-refractivity contribution in [2.75, 3.05) is 18.6 Å². The zero-order valence-electron chi connectivity index (χ0n) is 19.3. The molecule has 7 heteroatoms. The summed E-state index contributed by atoms with van der Waals surface area (Å²) in [4.78, 5) is 42.3. The molecule has 0 unspecified atom stereocenters. The Labute approximate surface area is 194 Å². The fourth-order valence-corrected chi connectivity index (χ4v) is 5.01. The van der Waals surface area contributed by atoms with Crippen LogP contribution in [0.5, 0.6) is 5.75 Å². The quantitative estimate of drug-likeness (QED) is 0.623. The fraction of sp³-hybridized carbons (Fsp3) is 0.423. The zero-order chi connectivity index (χ0) is 23.5. The first-order valence-corrected chi connectivity index (χ1v) is 11.6. The number of rotatable bonds is 8. The molecule has 0 fully saturated rings. The molecule has 0 saturated heterocycles.